The molecule has 1 aromatic carbocycles. The minimum atomic E-state index is -0.583. The fourth-order valence-corrected chi connectivity index (χ4v) is 4.23. The van der Waals surface area contributed by atoms with Gasteiger partial charge in [-0.25, -0.2) is 9.59 Å². The average Bonchev–Trinajstić information content (AvgIpc) is 3.17. The van der Waals surface area contributed by atoms with E-state index in [9.17, 15) is 9.59 Å². The second kappa shape index (κ2) is 10.3. The first-order chi connectivity index (χ1) is 16.7. The van der Waals surface area contributed by atoms with E-state index >= 15 is 0 Å². The number of alkyl carbamates (subject to hydrolysis) is 1. The van der Waals surface area contributed by atoms with E-state index in [1.54, 1.807) is 11.6 Å². The summed E-state index contributed by atoms with van der Waals surface area (Å²) in [4.78, 5) is 29.6. The summed E-state index contributed by atoms with van der Waals surface area (Å²) >= 11 is 0. The van der Waals surface area contributed by atoms with Crippen LogP contribution in [-0.4, -0.2) is 45.6 Å². The van der Waals surface area contributed by atoms with Gasteiger partial charge in [0.25, 0.3) is 0 Å². The number of carbonyl (C=O) groups excluding carboxylic acids is 2. The van der Waals surface area contributed by atoms with Crippen LogP contribution < -0.4 is 5.32 Å². The highest BCUT2D eigenvalue weighted by molar-refractivity contribution is 5.92. The zero-order valence-corrected chi connectivity index (χ0v) is 20.8. The van der Waals surface area contributed by atoms with Crippen molar-refractivity contribution in [1.29, 1.82) is 0 Å². The average molecular weight is 477 g/mol. The smallest absolute Gasteiger partial charge is 0.407 e. The molecule has 0 atom stereocenters. The monoisotopic (exact) mass is 476 g/mol. The summed E-state index contributed by atoms with van der Waals surface area (Å²) in [6, 6.07) is 12.3. The van der Waals surface area contributed by atoms with Gasteiger partial charge >= 0.3 is 12.1 Å². The molecule has 35 heavy (non-hydrogen) atoms. The van der Waals surface area contributed by atoms with Crippen molar-refractivity contribution in [3.05, 3.63) is 70.7 Å². The minimum Gasteiger partial charge on any atom is -0.461 e. The van der Waals surface area contributed by atoms with Crippen LogP contribution in [-0.2, 0) is 35.3 Å². The molecule has 0 saturated carbocycles. The summed E-state index contributed by atoms with van der Waals surface area (Å²) in [5, 5.41) is 7.55. The lowest BCUT2D eigenvalue weighted by atomic mass is 9.89. The summed E-state index contributed by atoms with van der Waals surface area (Å²) in [6.07, 6.45) is 3.58. The van der Waals surface area contributed by atoms with Crippen LogP contribution in [0.5, 0.6) is 0 Å². The zero-order valence-electron chi connectivity index (χ0n) is 20.8. The number of nitrogens with one attached hydrogen (secondary N) is 1. The molecule has 1 aliphatic rings. The number of benzene rings is 1. The lowest BCUT2D eigenvalue weighted by Gasteiger charge is -2.19. The first kappa shape index (κ1) is 24.4. The maximum atomic E-state index is 12.9. The highest BCUT2D eigenvalue weighted by atomic mass is 16.6. The quantitative estimate of drug-likeness (QED) is 0.510. The van der Waals surface area contributed by atoms with Gasteiger partial charge in [0.2, 0.25) is 0 Å². The van der Waals surface area contributed by atoms with Crippen LogP contribution in [0.4, 0.5) is 4.79 Å². The molecule has 0 bridgehead atoms. The third-order valence-electron chi connectivity index (χ3n) is 5.68. The molecule has 8 heteroatoms. The number of ether oxygens (including phenoxy) is 2. The van der Waals surface area contributed by atoms with Crippen LogP contribution in [0.15, 0.2) is 42.6 Å². The Balaban J connectivity index is 1.62. The molecule has 0 spiro atoms. The van der Waals surface area contributed by atoms with Crippen LogP contribution in [0.2, 0.25) is 0 Å². The Kier molecular flexibility index (Phi) is 7.19. The largest absolute Gasteiger partial charge is 0.461 e. The Bertz CT molecular complexity index is 1210. The van der Waals surface area contributed by atoms with Gasteiger partial charge in [-0.1, -0.05) is 30.3 Å². The van der Waals surface area contributed by atoms with Gasteiger partial charge in [0.15, 0.2) is 0 Å². The third kappa shape index (κ3) is 5.88. The fraction of sp³-hybridized carbons (Fsp3) is 0.407. The van der Waals surface area contributed by atoms with Gasteiger partial charge in [-0.05, 0) is 57.7 Å². The van der Waals surface area contributed by atoms with Crippen molar-refractivity contribution in [1.82, 2.24) is 20.1 Å². The molecule has 184 valence electrons. The second-order valence-electron chi connectivity index (χ2n) is 9.54. The number of nitrogens with zero attached hydrogens (tertiary/aromatic N) is 3. The molecular formula is C27H32N4O4. The Morgan fingerprint density at radius 1 is 1.14 bits per heavy atom. The van der Waals surface area contributed by atoms with Crippen molar-refractivity contribution < 1.29 is 19.1 Å². The van der Waals surface area contributed by atoms with Crippen LogP contribution in [0.3, 0.4) is 0 Å². The minimum absolute atomic E-state index is 0.268. The Morgan fingerprint density at radius 3 is 2.63 bits per heavy atom. The molecule has 2 aromatic heterocycles. The van der Waals surface area contributed by atoms with Crippen LogP contribution >= 0.6 is 0 Å². The number of hydrogen-bond donors (Lipinski definition) is 1. The van der Waals surface area contributed by atoms with E-state index in [0.717, 1.165) is 34.5 Å². The van der Waals surface area contributed by atoms with Crippen molar-refractivity contribution >= 4 is 12.1 Å². The van der Waals surface area contributed by atoms with Crippen molar-refractivity contribution in [2.24, 2.45) is 0 Å². The predicted octanol–water partition coefficient (Wildman–Crippen LogP) is 4.34. The highest BCUT2D eigenvalue weighted by Gasteiger charge is 2.29. The normalized spacial score (nSPS) is 12.5. The molecule has 1 amide bonds. The lowest BCUT2D eigenvalue weighted by Crippen LogP contribution is -2.34. The van der Waals surface area contributed by atoms with E-state index in [-0.39, 0.29) is 13.2 Å². The summed E-state index contributed by atoms with van der Waals surface area (Å²) in [6.45, 7) is 8.08. The molecule has 2 heterocycles. The maximum absolute atomic E-state index is 12.9. The molecule has 0 aliphatic heterocycles. The van der Waals surface area contributed by atoms with E-state index in [4.69, 9.17) is 14.6 Å². The number of amides is 1. The van der Waals surface area contributed by atoms with Gasteiger partial charge in [-0.15, -0.1) is 0 Å². The topological polar surface area (TPSA) is 95.3 Å². The van der Waals surface area contributed by atoms with Gasteiger partial charge in [0.05, 0.1) is 18.8 Å². The van der Waals surface area contributed by atoms with Crippen molar-refractivity contribution in [2.45, 2.75) is 59.1 Å². The molecule has 0 unspecified atom stereocenters. The van der Waals surface area contributed by atoms with Crippen LogP contribution in [0.1, 0.15) is 60.6 Å². The first-order valence-electron chi connectivity index (χ1n) is 12.0. The van der Waals surface area contributed by atoms with E-state index in [1.807, 2.05) is 45.2 Å². The predicted molar refractivity (Wildman–Crippen MR) is 132 cm³/mol. The molecule has 1 aliphatic carbocycles. The molecule has 8 nitrogen and oxygen atoms in total. The Hall–Kier alpha value is -3.68. The lowest BCUT2D eigenvalue weighted by molar-refractivity contribution is 0.0510. The summed E-state index contributed by atoms with van der Waals surface area (Å²) < 4.78 is 12.3. The molecule has 1 N–H and O–H groups in total. The van der Waals surface area contributed by atoms with Crippen molar-refractivity contribution in [2.75, 3.05) is 13.2 Å². The number of esters is 1. The summed E-state index contributed by atoms with van der Waals surface area (Å²) in [5.41, 5.74) is 5.76. The van der Waals surface area contributed by atoms with Crippen molar-refractivity contribution in [3.8, 4) is 11.3 Å². The highest BCUT2D eigenvalue weighted by Crippen LogP contribution is 2.35. The van der Waals surface area contributed by atoms with E-state index in [0.29, 0.717) is 25.1 Å². The van der Waals surface area contributed by atoms with E-state index in [1.165, 1.54) is 5.56 Å². The number of pyridine rings is 1. The van der Waals surface area contributed by atoms with Crippen LogP contribution in [0, 0.1) is 0 Å². The fourth-order valence-electron chi connectivity index (χ4n) is 4.23. The van der Waals surface area contributed by atoms with E-state index in [2.05, 4.69) is 28.5 Å². The SMILES string of the molecule is CCOC(=O)c1c2c(nn1CCNC(=O)OC(C)(C)C)-c1cc(Cc3ccccc3)ncc1CC2. The number of carbonyl (C=O) groups is 2. The van der Waals surface area contributed by atoms with Gasteiger partial charge < -0.3 is 14.8 Å². The van der Waals surface area contributed by atoms with Gasteiger partial charge in [-0.2, -0.15) is 5.10 Å². The zero-order chi connectivity index (χ0) is 25.0. The van der Waals surface area contributed by atoms with Gasteiger partial charge in [0.1, 0.15) is 11.3 Å². The van der Waals surface area contributed by atoms with E-state index < -0.39 is 17.7 Å². The summed E-state index contributed by atoms with van der Waals surface area (Å²) in [5.74, 6) is -0.402. The maximum Gasteiger partial charge on any atom is 0.407 e. The van der Waals surface area contributed by atoms with Gasteiger partial charge in [-0.3, -0.25) is 9.67 Å². The number of aromatic nitrogens is 3. The molecular weight excluding hydrogens is 444 g/mol. The number of aryl methyl sites for hydroxylation is 1. The number of fused-ring (bicyclic) bond motifs is 3. The number of hydrogen-bond acceptors (Lipinski definition) is 6. The Morgan fingerprint density at radius 2 is 1.91 bits per heavy atom. The third-order valence-corrected chi connectivity index (χ3v) is 5.68. The van der Waals surface area contributed by atoms with Crippen LogP contribution in [0.25, 0.3) is 11.3 Å². The number of rotatable bonds is 7. The Labute approximate surface area is 205 Å². The molecule has 0 fully saturated rings. The molecule has 0 radical (unpaired) electrons. The first-order valence-corrected chi connectivity index (χ1v) is 12.0. The summed E-state index contributed by atoms with van der Waals surface area (Å²) in [7, 11) is 0. The molecule has 3 aromatic rings. The van der Waals surface area contributed by atoms with Crippen molar-refractivity contribution in [3.63, 3.8) is 0 Å². The molecule has 0 saturated heterocycles. The second-order valence-corrected chi connectivity index (χ2v) is 9.54. The van der Waals surface area contributed by atoms with Gasteiger partial charge in [0, 0.05) is 36.0 Å². The standard InChI is InChI=1S/C27H32N4O4/c1-5-34-25(32)24-21-12-11-19-17-29-20(15-18-9-7-6-8-10-18)16-22(19)23(21)30-31(24)14-13-28-26(33)35-27(2,3)4/h6-10,16-17H,5,11-15H2,1-4H3,(H,28,33). The molecule has 4 rings (SSSR count).